The number of rotatable bonds is 4. The standard InChI is InChI=1S/C17H17N3O2S/c1-3-13-19-16-14(17(22)20(13)10(2)15(18)21)12(9-23-16)11-7-5-4-6-8-11/h4-10H,3H2,1-2H3,(H2,18,21). The molecule has 1 aromatic carbocycles. The van der Waals surface area contributed by atoms with Gasteiger partial charge in [0.1, 0.15) is 16.7 Å². The van der Waals surface area contributed by atoms with Gasteiger partial charge in [0.25, 0.3) is 5.56 Å². The number of aryl methyl sites for hydroxylation is 1. The zero-order chi connectivity index (χ0) is 16.6. The van der Waals surface area contributed by atoms with E-state index in [2.05, 4.69) is 4.98 Å². The van der Waals surface area contributed by atoms with Crippen molar-refractivity contribution in [2.45, 2.75) is 26.3 Å². The van der Waals surface area contributed by atoms with Gasteiger partial charge in [-0.2, -0.15) is 0 Å². The van der Waals surface area contributed by atoms with Crippen LogP contribution in [0.1, 0.15) is 25.7 Å². The Balaban J connectivity index is 2.35. The molecule has 0 saturated carbocycles. The molecule has 0 aliphatic carbocycles. The summed E-state index contributed by atoms with van der Waals surface area (Å²) in [6, 6.07) is 8.97. The summed E-state index contributed by atoms with van der Waals surface area (Å²) in [5, 5.41) is 2.49. The fourth-order valence-electron chi connectivity index (χ4n) is 2.65. The smallest absolute Gasteiger partial charge is 0.263 e. The first kappa shape index (κ1) is 15.4. The Labute approximate surface area is 137 Å². The summed E-state index contributed by atoms with van der Waals surface area (Å²) >= 11 is 1.44. The molecule has 0 aliphatic rings. The molecule has 2 heterocycles. The highest BCUT2D eigenvalue weighted by Crippen LogP contribution is 2.31. The van der Waals surface area contributed by atoms with Crippen LogP contribution in [0, 0.1) is 0 Å². The Morgan fingerprint density at radius 3 is 2.65 bits per heavy atom. The maximum Gasteiger partial charge on any atom is 0.263 e. The number of primary amides is 1. The number of carbonyl (C=O) groups is 1. The lowest BCUT2D eigenvalue weighted by Gasteiger charge is -2.16. The number of nitrogens with zero attached hydrogens (tertiary/aromatic N) is 2. The largest absolute Gasteiger partial charge is 0.368 e. The van der Waals surface area contributed by atoms with Crippen molar-refractivity contribution in [2.24, 2.45) is 5.73 Å². The normalized spacial score (nSPS) is 12.4. The van der Waals surface area contributed by atoms with Crippen LogP contribution in [0.5, 0.6) is 0 Å². The van der Waals surface area contributed by atoms with Crippen molar-refractivity contribution in [3.63, 3.8) is 0 Å². The zero-order valence-corrected chi connectivity index (χ0v) is 13.8. The molecule has 5 nitrogen and oxygen atoms in total. The van der Waals surface area contributed by atoms with Crippen molar-refractivity contribution in [3.05, 3.63) is 51.9 Å². The van der Waals surface area contributed by atoms with Gasteiger partial charge in [-0.1, -0.05) is 37.3 Å². The summed E-state index contributed by atoms with van der Waals surface area (Å²) in [6.45, 7) is 3.54. The topological polar surface area (TPSA) is 78.0 Å². The molecule has 0 saturated heterocycles. The van der Waals surface area contributed by atoms with E-state index < -0.39 is 11.9 Å². The fourth-order valence-corrected chi connectivity index (χ4v) is 3.61. The minimum Gasteiger partial charge on any atom is -0.368 e. The Hall–Kier alpha value is -2.47. The maximum absolute atomic E-state index is 13.0. The van der Waals surface area contributed by atoms with Crippen LogP contribution < -0.4 is 11.3 Å². The van der Waals surface area contributed by atoms with Gasteiger partial charge in [-0.05, 0) is 12.5 Å². The summed E-state index contributed by atoms with van der Waals surface area (Å²) in [5.41, 5.74) is 7.00. The summed E-state index contributed by atoms with van der Waals surface area (Å²) in [5.74, 6) is 0.0368. The molecule has 2 N–H and O–H groups in total. The van der Waals surface area contributed by atoms with Crippen LogP contribution in [0.15, 0.2) is 40.5 Å². The molecule has 0 radical (unpaired) electrons. The van der Waals surface area contributed by atoms with Crippen LogP contribution in [-0.2, 0) is 11.2 Å². The van der Waals surface area contributed by atoms with Gasteiger partial charge in [-0.15, -0.1) is 11.3 Å². The van der Waals surface area contributed by atoms with Gasteiger partial charge in [-0.3, -0.25) is 14.2 Å². The minimum atomic E-state index is -0.724. The van der Waals surface area contributed by atoms with Crippen LogP contribution in [0.25, 0.3) is 21.3 Å². The fraction of sp³-hybridized carbons (Fsp3) is 0.235. The van der Waals surface area contributed by atoms with Crippen LogP contribution in [-0.4, -0.2) is 15.5 Å². The summed E-state index contributed by atoms with van der Waals surface area (Å²) in [7, 11) is 0. The monoisotopic (exact) mass is 327 g/mol. The van der Waals surface area contributed by atoms with E-state index in [0.29, 0.717) is 22.5 Å². The van der Waals surface area contributed by atoms with Crippen molar-refractivity contribution in [1.29, 1.82) is 0 Å². The van der Waals surface area contributed by atoms with Gasteiger partial charge < -0.3 is 5.73 Å². The summed E-state index contributed by atoms with van der Waals surface area (Å²) in [6.07, 6.45) is 0.557. The van der Waals surface area contributed by atoms with E-state index in [0.717, 1.165) is 11.1 Å². The first-order chi connectivity index (χ1) is 11.0. The molecule has 3 aromatic rings. The molecule has 1 amide bonds. The van der Waals surface area contributed by atoms with Gasteiger partial charge in [-0.25, -0.2) is 4.98 Å². The van der Waals surface area contributed by atoms with Crippen LogP contribution >= 0.6 is 11.3 Å². The predicted molar refractivity (Wildman–Crippen MR) is 92.6 cm³/mol. The lowest BCUT2D eigenvalue weighted by Crippen LogP contribution is -2.34. The average molecular weight is 327 g/mol. The molecule has 23 heavy (non-hydrogen) atoms. The van der Waals surface area contributed by atoms with Crippen LogP contribution in [0.3, 0.4) is 0 Å². The highest BCUT2D eigenvalue weighted by molar-refractivity contribution is 7.17. The van der Waals surface area contributed by atoms with Gasteiger partial charge in [0.15, 0.2) is 0 Å². The molecule has 6 heteroatoms. The van der Waals surface area contributed by atoms with Crippen molar-refractivity contribution in [3.8, 4) is 11.1 Å². The quantitative estimate of drug-likeness (QED) is 0.800. The molecule has 0 spiro atoms. The highest BCUT2D eigenvalue weighted by atomic mass is 32.1. The average Bonchev–Trinajstić information content (AvgIpc) is 2.99. The van der Waals surface area contributed by atoms with E-state index in [1.165, 1.54) is 15.9 Å². The van der Waals surface area contributed by atoms with E-state index in [9.17, 15) is 9.59 Å². The number of aromatic nitrogens is 2. The van der Waals surface area contributed by atoms with Crippen molar-refractivity contribution in [2.75, 3.05) is 0 Å². The molecule has 3 rings (SSSR count). The zero-order valence-electron chi connectivity index (χ0n) is 12.9. The number of hydrogen-bond donors (Lipinski definition) is 1. The van der Waals surface area contributed by atoms with Gasteiger partial charge in [0, 0.05) is 17.4 Å². The van der Waals surface area contributed by atoms with Crippen molar-refractivity contribution >= 4 is 27.5 Å². The van der Waals surface area contributed by atoms with Gasteiger partial charge in [0.05, 0.1) is 5.39 Å². The Kier molecular flexibility index (Phi) is 4.00. The first-order valence-corrected chi connectivity index (χ1v) is 8.30. The Morgan fingerprint density at radius 2 is 2.04 bits per heavy atom. The number of nitrogens with two attached hydrogens (primary N) is 1. The molecule has 2 aromatic heterocycles. The van der Waals surface area contributed by atoms with Crippen LogP contribution in [0.2, 0.25) is 0 Å². The molecule has 118 valence electrons. The number of amides is 1. The molecular formula is C17H17N3O2S. The third kappa shape index (κ3) is 2.55. The Bertz CT molecular complexity index is 928. The number of thiophene rings is 1. The molecule has 0 aliphatic heterocycles. The van der Waals surface area contributed by atoms with E-state index >= 15 is 0 Å². The van der Waals surface area contributed by atoms with E-state index in [-0.39, 0.29) is 5.56 Å². The third-order valence-electron chi connectivity index (χ3n) is 3.91. The summed E-state index contributed by atoms with van der Waals surface area (Å²) < 4.78 is 1.42. The molecular weight excluding hydrogens is 310 g/mol. The lowest BCUT2D eigenvalue weighted by molar-refractivity contribution is -0.120. The second kappa shape index (κ2) is 5.96. The van der Waals surface area contributed by atoms with Crippen LogP contribution in [0.4, 0.5) is 0 Å². The molecule has 1 unspecified atom stereocenters. The highest BCUT2D eigenvalue weighted by Gasteiger charge is 2.21. The first-order valence-electron chi connectivity index (χ1n) is 7.42. The molecule has 0 fully saturated rings. The summed E-state index contributed by atoms with van der Waals surface area (Å²) in [4.78, 5) is 29.9. The van der Waals surface area contributed by atoms with E-state index in [1.54, 1.807) is 6.92 Å². The van der Waals surface area contributed by atoms with Crippen molar-refractivity contribution < 1.29 is 4.79 Å². The number of hydrogen-bond acceptors (Lipinski definition) is 4. The van der Waals surface area contributed by atoms with Crippen molar-refractivity contribution in [1.82, 2.24) is 9.55 Å². The SMILES string of the molecule is CCc1nc2scc(-c3ccccc3)c2c(=O)n1C(C)C(N)=O. The number of benzene rings is 1. The maximum atomic E-state index is 13.0. The van der Waals surface area contributed by atoms with Gasteiger partial charge >= 0.3 is 0 Å². The second-order valence-electron chi connectivity index (χ2n) is 5.33. The Morgan fingerprint density at radius 1 is 1.35 bits per heavy atom. The molecule has 0 bridgehead atoms. The second-order valence-corrected chi connectivity index (χ2v) is 6.19. The lowest BCUT2D eigenvalue weighted by atomic mass is 10.1. The number of fused-ring (bicyclic) bond motifs is 1. The number of carbonyl (C=O) groups excluding carboxylic acids is 1. The third-order valence-corrected chi connectivity index (χ3v) is 4.79. The minimum absolute atomic E-state index is 0.210. The predicted octanol–water partition coefficient (Wildman–Crippen LogP) is 2.73. The van der Waals surface area contributed by atoms with Gasteiger partial charge in [0.2, 0.25) is 5.91 Å². The van der Waals surface area contributed by atoms with E-state index in [1.807, 2.05) is 42.6 Å². The molecule has 1 atom stereocenters. The van der Waals surface area contributed by atoms with E-state index in [4.69, 9.17) is 5.73 Å².